The number of piperidine rings is 1. The lowest BCUT2D eigenvalue weighted by Gasteiger charge is -2.32. The van der Waals surface area contributed by atoms with Gasteiger partial charge in [0.25, 0.3) is 5.91 Å². The summed E-state index contributed by atoms with van der Waals surface area (Å²) in [7, 11) is 0. The van der Waals surface area contributed by atoms with Crippen LogP contribution in [-0.4, -0.2) is 48.5 Å². The van der Waals surface area contributed by atoms with E-state index in [0.717, 1.165) is 25.1 Å². The van der Waals surface area contributed by atoms with Gasteiger partial charge < -0.3 is 4.90 Å². The predicted molar refractivity (Wildman–Crippen MR) is 82.9 cm³/mol. The molecule has 116 valence electrons. The third-order valence-electron chi connectivity index (χ3n) is 4.22. The second kappa shape index (κ2) is 5.75. The van der Waals surface area contributed by atoms with Crippen LogP contribution in [0.2, 0.25) is 0 Å². The van der Waals surface area contributed by atoms with Crippen molar-refractivity contribution in [2.24, 2.45) is 0 Å². The van der Waals surface area contributed by atoms with Gasteiger partial charge in [-0.15, -0.1) is 0 Å². The summed E-state index contributed by atoms with van der Waals surface area (Å²) < 4.78 is 1.62. The van der Waals surface area contributed by atoms with Crippen LogP contribution < -0.4 is 0 Å². The number of likely N-dealkylation sites (tertiary alicyclic amines) is 1. The molecule has 3 aromatic rings. The molecule has 7 nitrogen and oxygen atoms in total. The number of rotatable bonds is 2. The fourth-order valence-corrected chi connectivity index (χ4v) is 3.07. The lowest BCUT2D eigenvalue weighted by atomic mass is 9.94. The van der Waals surface area contributed by atoms with Crippen molar-refractivity contribution in [3.8, 4) is 0 Å². The number of hydrogen-bond donors (Lipinski definition) is 0. The van der Waals surface area contributed by atoms with E-state index in [1.807, 2.05) is 4.90 Å². The molecule has 4 heterocycles. The zero-order valence-electron chi connectivity index (χ0n) is 12.5. The van der Waals surface area contributed by atoms with E-state index in [4.69, 9.17) is 0 Å². The zero-order chi connectivity index (χ0) is 15.6. The highest BCUT2D eigenvalue weighted by atomic mass is 16.2. The van der Waals surface area contributed by atoms with Crippen LogP contribution in [0.5, 0.6) is 0 Å². The molecule has 0 aromatic carbocycles. The standard InChI is InChI=1S/C16H16N6O/c23-16(13-9-20-22-8-2-4-19-15(13)22)21-7-1-3-12(11-21)14-10-17-5-6-18-14/h2,4-6,8-10,12H,1,3,7,11H2/t12-/m1/s1. The first-order chi connectivity index (χ1) is 11.3. The number of fused-ring (bicyclic) bond motifs is 1. The van der Waals surface area contributed by atoms with E-state index in [2.05, 4.69) is 20.1 Å². The van der Waals surface area contributed by atoms with Crippen LogP contribution in [0, 0.1) is 0 Å². The van der Waals surface area contributed by atoms with Crippen LogP contribution in [0.4, 0.5) is 0 Å². The Labute approximate surface area is 133 Å². The molecule has 1 atom stereocenters. The minimum Gasteiger partial charge on any atom is -0.338 e. The molecule has 4 rings (SSSR count). The van der Waals surface area contributed by atoms with E-state index < -0.39 is 0 Å². The Hall–Kier alpha value is -2.83. The summed E-state index contributed by atoms with van der Waals surface area (Å²) in [6, 6.07) is 1.79. The molecule has 1 aliphatic rings. The van der Waals surface area contributed by atoms with Gasteiger partial charge in [0.15, 0.2) is 5.65 Å². The van der Waals surface area contributed by atoms with Crippen molar-refractivity contribution in [2.45, 2.75) is 18.8 Å². The average molecular weight is 308 g/mol. The van der Waals surface area contributed by atoms with Gasteiger partial charge in [-0.25, -0.2) is 9.50 Å². The highest BCUT2D eigenvalue weighted by Crippen LogP contribution is 2.26. The van der Waals surface area contributed by atoms with Crippen LogP contribution in [0.1, 0.15) is 34.8 Å². The second-order valence-electron chi connectivity index (χ2n) is 5.67. The molecule has 7 heteroatoms. The van der Waals surface area contributed by atoms with Crippen LogP contribution >= 0.6 is 0 Å². The van der Waals surface area contributed by atoms with Gasteiger partial charge in [-0.05, 0) is 18.9 Å². The third-order valence-corrected chi connectivity index (χ3v) is 4.22. The number of carbonyl (C=O) groups excluding carboxylic acids is 1. The molecular formula is C16H16N6O. The molecule has 23 heavy (non-hydrogen) atoms. The summed E-state index contributed by atoms with van der Waals surface area (Å²) in [6.45, 7) is 1.40. The summed E-state index contributed by atoms with van der Waals surface area (Å²) in [4.78, 5) is 27.5. The third kappa shape index (κ3) is 2.54. The molecule has 0 saturated carbocycles. The van der Waals surface area contributed by atoms with Crippen molar-refractivity contribution in [1.82, 2.24) is 29.5 Å². The predicted octanol–water partition coefficient (Wildman–Crippen LogP) is 1.54. The molecule has 1 amide bonds. The van der Waals surface area contributed by atoms with Gasteiger partial charge in [0.2, 0.25) is 0 Å². The summed E-state index contributed by atoms with van der Waals surface area (Å²) in [6.07, 6.45) is 12.2. The van der Waals surface area contributed by atoms with Crippen LogP contribution in [-0.2, 0) is 0 Å². The van der Waals surface area contributed by atoms with E-state index in [-0.39, 0.29) is 11.8 Å². The first-order valence-electron chi connectivity index (χ1n) is 7.66. The van der Waals surface area contributed by atoms with Crippen LogP contribution in [0.15, 0.2) is 43.2 Å². The van der Waals surface area contributed by atoms with Gasteiger partial charge in [-0.1, -0.05) is 0 Å². The Morgan fingerprint density at radius 3 is 3.00 bits per heavy atom. The van der Waals surface area contributed by atoms with E-state index in [0.29, 0.717) is 17.8 Å². The van der Waals surface area contributed by atoms with E-state index in [9.17, 15) is 4.79 Å². The Balaban J connectivity index is 1.59. The van der Waals surface area contributed by atoms with Gasteiger partial charge in [0, 0.05) is 50.0 Å². The molecule has 1 aliphatic heterocycles. The van der Waals surface area contributed by atoms with Crippen molar-refractivity contribution >= 4 is 11.6 Å². The number of carbonyl (C=O) groups is 1. The Bertz CT molecular complexity index is 831. The summed E-state index contributed by atoms with van der Waals surface area (Å²) >= 11 is 0. The average Bonchev–Trinajstić information content (AvgIpc) is 3.06. The lowest BCUT2D eigenvalue weighted by Crippen LogP contribution is -2.39. The van der Waals surface area contributed by atoms with Gasteiger partial charge in [0.05, 0.1) is 11.9 Å². The molecule has 0 spiro atoms. The molecule has 1 saturated heterocycles. The SMILES string of the molecule is O=C(c1cnn2cccnc12)N1CCC[C@@H](c2cnccn2)C1. The van der Waals surface area contributed by atoms with E-state index in [1.165, 1.54) is 0 Å². The molecule has 0 unspecified atom stereocenters. The molecular weight excluding hydrogens is 292 g/mol. The summed E-state index contributed by atoms with van der Waals surface area (Å²) in [5.41, 5.74) is 2.09. The first-order valence-corrected chi connectivity index (χ1v) is 7.66. The number of amides is 1. The molecule has 0 aliphatic carbocycles. The fourth-order valence-electron chi connectivity index (χ4n) is 3.07. The topological polar surface area (TPSA) is 76.3 Å². The van der Waals surface area contributed by atoms with Gasteiger partial charge >= 0.3 is 0 Å². The van der Waals surface area contributed by atoms with Gasteiger partial charge in [0.1, 0.15) is 5.56 Å². The lowest BCUT2D eigenvalue weighted by molar-refractivity contribution is 0.0707. The molecule has 3 aromatic heterocycles. The molecule has 1 fully saturated rings. The smallest absolute Gasteiger partial charge is 0.259 e. The number of nitrogens with zero attached hydrogens (tertiary/aromatic N) is 6. The summed E-state index contributed by atoms with van der Waals surface area (Å²) in [5.74, 6) is 0.212. The van der Waals surface area contributed by atoms with Crippen LogP contribution in [0.3, 0.4) is 0 Å². The second-order valence-corrected chi connectivity index (χ2v) is 5.67. The quantitative estimate of drug-likeness (QED) is 0.718. The Morgan fingerprint density at radius 1 is 1.17 bits per heavy atom. The normalized spacial score (nSPS) is 18.3. The number of aromatic nitrogens is 5. The molecule has 0 bridgehead atoms. The maximum atomic E-state index is 12.8. The van der Waals surface area contributed by atoms with E-state index in [1.54, 1.807) is 47.8 Å². The van der Waals surface area contributed by atoms with Gasteiger partial charge in [-0.3, -0.25) is 14.8 Å². The van der Waals surface area contributed by atoms with Gasteiger partial charge in [-0.2, -0.15) is 5.10 Å². The minimum atomic E-state index is -0.0210. The van der Waals surface area contributed by atoms with E-state index >= 15 is 0 Å². The van der Waals surface area contributed by atoms with Crippen molar-refractivity contribution in [1.29, 1.82) is 0 Å². The minimum absolute atomic E-state index is 0.0210. The Kier molecular flexibility index (Phi) is 3.45. The highest BCUT2D eigenvalue weighted by Gasteiger charge is 2.28. The molecule has 0 N–H and O–H groups in total. The fraction of sp³-hybridized carbons (Fsp3) is 0.312. The van der Waals surface area contributed by atoms with Crippen molar-refractivity contribution in [2.75, 3.05) is 13.1 Å². The molecule has 0 radical (unpaired) electrons. The monoisotopic (exact) mass is 308 g/mol. The maximum Gasteiger partial charge on any atom is 0.259 e. The largest absolute Gasteiger partial charge is 0.338 e. The highest BCUT2D eigenvalue weighted by molar-refractivity contribution is 5.99. The Morgan fingerprint density at radius 2 is 2.13 bits per heavy atom. The summed E-state index contributed by atoms with van der Waals surface area (Å²) in [5, 5.41) is 4.20. The van der Waals surface area contributed by atoms with Crippen molar-refractivity contribution < 1.29 is 4.79 Å². The first kappa shape index (κ1) is 13.8. The van der Waals surface area contributed by atoms with Crippen LogP contribution in [0.25, 0.3) is 5.65 Å². The maximum absolute atomic E-state index is 12.8. The van der Waals surface area contributed by atoms with Crippen molar-refractivity contribution in [3.05, 3.63) is 54.5 Å². The zero-order valence-corrected chi connectivity index (χ0v) is 12.5. The van der Waals surface area contributed by atoms with Crippen molar-refractivity contribution in [3.63, 3.8) is 0 Å². The number of hydrogen-bond acceptors (Lipinski definition) is 5.